The predicted octanol–water partition coefficient (Wildman–Crippen LogP) is 0.823. The van der Waals surface area contributed by atoms with Crippen molar-refractivity contribution in [2.75, 3.05) is 23.1 Å². The average Bonchev–Trinajstić information content (AvgIpc) is 2.18. The number of nitrogens with one attached hydrogen (secondary N) is 2. The van der Waals surface area contributed by atoms with Crippen LogP contribution < -0.4 is 16.4 Å². The lowest BCUT2D eigenvalue weighted by molar-refractivity contribution is 0.250. The Labute approximate surface area is 106 Å². The molecule has 0 fully saturated rings. The van der Waals surface area contributed by atoms with Crippen LogP contribution in [0.1, 0.15) is 6.92 Å². The van der Waals surface area contributed by atoms with E-state index in [1.165, 1.54) is 0 Å². The van der Waals surface area contributed by atoms with E-state index in [1.807, 2.05) is 0 Å². The van der Waals surface area contributed by atoms with Gasteiger partial charge >= 0.3 is 6.03 Å². The lowest BCUT2D eigenvalue weighted by Crippen LogP contribution is -2.39. The fourth-order valence-corrected chi connectivity index (χ4v) is 2.44. The highest BCUT2D eigenvalue weighted by Gasteiger charge is 2.12. The molecule has 0 aliphatic carbocycles. The normalized spacial score (nSPS) is 12.8. The van der Waals surface area contributed by atoms with Gasteiger partial charge in [-0.2, -0.15) is 0 Å². The molecule has 0 saturated carbocycles. The first-order chi connectivity index (χ1) is 8.26. The number of carbonyl (C=O) groups is 1. The van der Waals surface area contributed by atoms with Crippen molar-refractivity contribution in [2.45, 2.75) is 13.0 Å². The summed E-state index contributed by atoms with van der Waals surface area (Å²) in [5.41, 5.74) is 6.71. The number of anilines is 2. The lowest BCUT2D eigenvalue weighted by Gasteiger charge is -2.13. The number of nitrogen functional groups attached to an aromatic ring is 1. The van der Waals surface area contributed by atoms with Crippen LogP contribution in [0.3, 0.4) is 0 Å². The lowest BCUT2D eigenvalue weighted by atomic mass is 10.3. The summed E-state index contributed by atoms with van der Waals surface area (Å²) in [7, 11) is -3.11. The van der Waals surface area contributed by atoms with Crippen molar-refractivity contribution in [1.82, 2.24) is 5.32 Å². The third kappa shape index (κ3) is 5.53. The second-order valence-electron chi connectivity index (χ2n) is 4.21. The first-order valence-electron chi connectivity index (χ1n) is 5.37. The summed E-state index contributed by atoms with van der Waals surface area (Å²) < 4.78 is 22.1. The van der Waals surface area contributed by atoms with E-state index in [0.717, 1.165) is 6.26 Å². The number of carbonyl (C=O) groups excluding carboxylic acids is 1. The van der Waals surface area contributed by atoms with Crippen molar-refractivity contribution in [3.8, 4) is 0 Å². The zero-order valence-corrected chi connectivity index (χ0v) is 11.1. The molecule has 2 amide bonds. The highest BCUT2D eigenvalue weighted by Crippen LogP contribution is 2.10. The van der Waals surface area contributed by atoms with Crippen LogP contribution in [0.2, 0.25) is 0 Å². The van der Waals surface area contributed by atoms with Crippen molar-refractivity contribution in [3.63, 3.8) is 0 Å². The van der Waals surface area contributed by atoms with Crippen molar-refractivity contribution in [3.05, 3.63) is 24.3 Å². The van der Waals surface area contributed by atoms with E-state index < -0.39 is 21.9 Å². The molecular formula is C11H17N3O3S. The van der Waals surface area contributed by atoms with Gasteiger partial charge in [-0.1, -0.05) is 0 Å². The predicted molar refractivity (Wildman–Crippen MR) is 72.2 cm³/mol. The van der Waals surface area contributed by atoms with Crippen LogP contribution in [0, 0.1) is 0 Å². The largest absolute Gasteiger partial charge is 0.399 e. The van der Waals surface area contributed by atoms with Gasteiger partial charge in [0, 0.05) is 23.7 Å². The second-order valence-corrected chi connectivity index (χ2v) is 6.40. The molecule has 1 aromatic rings. The Kier molecular flexibility index (Phi) is 4.55. The van der Waals surface area contributed by atoms with Crippen LogP contribution >= 0.6 is 0 Å². The molecule has 1 atom stereocenters. The Morgan fingerprint density at radius 2 is 1.89 bits per heavy atom. The van der Waals surface area contributed by atoms with Gasteiger partial charge in [0.1, 0.15) is 9.84 Å². The molecule has 1 aromatic carbocycles. The monoisotopic (exact) mass is 271 g/mol. The van der Waals surface area contributed by atoms with Crippen molar-refractivity contribution >= 4 is 27.2 Å². The Balaban J connectivity index is 2.49. The summed E-state index contributed by atoms with van der Waals surface area (Å²) in [5, 5.41) is 5.12. The van der Waals surface area contributed by atoms with Crippen LogP contribution in [0.25, 0.3) is 0 Å². The Hall–Kier alpha value is -1.76. The van der Waals surface area contributed by atoms with E-state index in [0.29, 0.717) is 11.4 Å². The second kappa shape index (κ2) is 5.72. The summed E-state index contributed by atoms with van der Waals surface area (Å²) in [6.45, 7) is 1.63. The molecule has 1 unspecified atom stereocenters. The smallest absolute Gasteiger partial charge is 0.319 e. The van der Waals surface area contributed by atoms with E-state index in [9.17, 15) is 13.2 Å². The minimum absolute atomic E-state index is 0.0951. The molecule has 1 rings (SSSR count). The molecule has 0 aromatic heterocycles. The van der Waals surface area contributed by atoms with Crippen LogP contribution in [0.4, 0.5) is 16.2 Å². The summed E-state index contributed by atoms with van der Waals surface area (Å²) >= 11 is 0. The van der Waals surface area contributed by atoms with Gasteiger partial charge in [-0.25, -0.2) is 13.2 Å². The van der Waals surface area contributed by atoms with Gasteiger partial charge in [-0.15, -0.1) is 0 Å². The van der Waals surface area contributed by atoms with Gasteiger partial charge < -0.3 is 16.4 Å². The van der Waals surface area contributed by atoms with Gasteiger partial charge in [-0.05, 0) is 31.2 Å². The molecule has 0 heterocycles. The highest BCUT2D eigenvalue weighted by molar-refractivity contribution is 7.90. The summed E-state index contributed by atoms with van der Waals surface area (Å²) in [6.07, 6.45) is 1.13. The number of rotatable bonds is 4. The Morgan fingerprint density at radius 3 is 2.39 bits per heavy atom. The molecule has 0 aliphatic heterocycles. The molecule has 6 nitrogen and oxygen atoms in total. The minimum atomic E-state index is -3.11. The number of hydrogen-bond acceptors (Lipinski definition) is 4. The SMILES string of the molecule is CC(CS(C)(=O)=O)NC(=O)Nc1ccc(N)cc1. The third-order valence-electron chi connectivity index (χ3n) is 2.10. The fraction of sp³-hybridized carbons (Fsp3) is 0.364. The number of hydrogen-bond donors (Lipinski definition) is 3. The van der Waals surface area contributed by atoms with Gasteiger partial charge in [0.25, 0.3) is 0 Å². The first kappa shape index (κ1) is 14.3. The van der Waals surface area contributed by atoms with Gasteiger partial charge in [-0.3, -0.25) is 0 Å². The molecular weight excluding hydrogens is 254 g/mol. The number of benzene rings is 1. The van der Waals surface area contributed by atoms with E-state index >= 15 is 0 Å². The minimum Gasteiger partial charge on any atom is -0.399 e. The summed E-state index contributed by atoms with van der Waals surface area (Å²) in [6, 6.07) is 5.75. The zero-order chi connectivity index (χ0) is 13.8. The van der Waals surface area contributed by atoms with E-state index in [2.05, 4.69) is 10.6 Å². The van der Waals surface area contributed by atoms with Crippen LogP contribution in [-0.2, 0) is 9.84 Å². The number of sulfone groups is 1. The number of nitrogens with two attached hydrogens (primary N) is 1. The van der Waals surface area contributed by atoms with Crippen LogP contribution in [0.15, 0.2) is 24.3 Å². The van der Waals surface area contributed by atoms with Gasteiger partial charge in [0.2, 0.25) is 0 Å². The molecule has 0 spiro atoms. The fourth-order valence-electron chi connectivity index (χ4n) is 1.45. The Morgan fingerprint density at radius 1 is 1.33 bits per heavy atom. The molecule has 7 heteroatoms. The molecule has 0 saturated heterocycles. The maximum atomic E-state index is 11.5. The van der Waals surface area contributed by atoms with E-state index in [-0.39, 0.29) is 5.75 Å². The van der Waals surface area contributed by atoms with Gasteiger partial charge in [0.05, 0.1) is 5.75 Å². The Bertz CT molecular complexity index is 511. The van der Waals surface area contributed by atoms with Crippen molar-refractivity contribution in [1.29, 1.82) is 0 Å². The number of amides is 2. The summed E-state index contributed by atoms with van der Waals surface area (Å²) in [4.78, 5) is 11.5. The average molecular weight is 271 g/mol. The topological polar surface area (TPSA) is 101 Å². The van der Waals surface area contributed by atoms with E-state index in [4.69, 9.17) is 5.73 Å². The molecule has 4 N–H and O–H groups in total. The van der Waals surface area contributed by atoms with Crippen LogP contribution in [0.5, 0.6) is 0 Å². The standard InChI is InChI=1S/C11H17N3O3S/c1-8(7-18(2,16)17)13-11(15)14-10-5-3-9(12)4-6-10/h3-6,8H,7,12H2,1-2H3,(H2,13,14,15). The molecule has 100 valence electrons. The summed E-state index contributed by atoms with van der Waals surface area (Å²) in [5.74, 6) is -0.0951. The van der Waals surface area contributed by atoms with Crippen LogP contribution in [-0.4, -0.2) is 32.5 Å². The number of urea groups is 1. The van der Waals surface area contributed by atoms with E-state index in [1.54, 1.807) is 31.2 Å². The first-order valence-corrected chi connectivity index (χ1v) is 7.43. The highest BCUT2D eigenvalue weighted by atomic mass is 32.2. The van der Waals surface area contributed by atoms with Crippen molar-refractivity contribution in [2.24, 2.45) is 0 Å². The van der Waals surface area contributed by atoms with Gasteiger partial charge in [0.15, 0.2) is 0 Å². The molecule has 18 heavy (non-hydrogen) atoms. The third-order valence-corrected chi connectivity index (χ3v) is 3.20. The molecule has 0 radical (unpaired) electrons. The molecule has 0 aliphatic rings. The zero-order valence-electron chi connectivity index (χ0n) is 10.3. The maximum absolute atomic E-state index is 11.5. The maximum Gasteiger partial charge on any atom is 0.319 e. The molecule has 0 bridgehead atoms. The van der Waals surface area contributed by atoms with Crippen molar-refractivity contribution < 1.29 is 13.2 Å². The quantitative estimate of drug-likeness (QED) is 0.706.